The van der Waals surface area contributed by atoms with Gasteiger partial charge in [0, 0.05) is 19.1 Å². The number of sulfonamides is 1. The van der Waals surface area contributed by atoms with Crippen LogP contribution in [0.25, 0.3) is 0 Å². The predicted octanol–water partition coefficient (Wildman–Crippen LogP) is 3.73. The molecule has 0 spiro atoms. The standard InChI is InChI=1S/C21H30N2O2S/c1-15(2)23-26(24,25)14-20-9-7-6-8-19(20)12-22-13-21-11-17(4)16(3)10-18(21)5/h6-11,15,22-23H,12-14H2,1-5H3. The van der Waals surface area contributed by atoms with Crippen LogP contribution in [0.5, 0.6) is 0 Å². The molecule has 2 N–H and O–H groups in total. The molecule has 0 unspecified atom stereocenters. The second-order valence-electron chi connectivity index (χ2n) is 7.27. The van der Waals surface area contributed by atoms with Gasteiger partial charge in [0.2, 0.25) is 10.0 Å². The van der Waals surface area contributed by atoms with E-state index in [0.29, 0.717) is 6.54 Å². The summed E-state index contributed by atoms with van der Waals surface area (Å²) in [5, 5.41) is 3.46. The Bertz CT molecular complexity index is 858. The molecule has 0 saturated heterocycles. The molecule has 4 nitrogen and oxygen atoms in total. The molecule has 0 amide bonds. The van der Waals surface area contributed by atoms with E-state index in [-0.39, 0.29) is 11.8 Å². The number of hydrogen-bond donors (Lipinski definition) is 2. The van der Waals surface area contributed by atoms with Crippen molar-refractivity contribution in [3.63, 3.8) is 0 Å². The van der Waals surface area contributed by atoms with Crippen LogP contribution in [0.4, 0.5) is 0 Å². The normalized spacial score (nSPS) is 11.9. The lowest BCUT2D eigenvalue weighted by Crippen LogP contribution is -2.31. The summed E-state index contributed by atoms with van der Waals surface area (Å²) < 4.78 is 27.1. The van der Waals surface area contributed by atoms with E-state index in [1.54, 1.807) is 0 Å². The van der Waals surface area contributed by atoms with Crippen LogP contribution in [0.3, 0.4) is 0 Å². The molecule has 0 heterocycles. The van der Waals surface area contributed by atoms with Crippen molar-refractivity contribution >= 4 is 10.0 Å². The molecule has 0 bridgehead atoms. The maximum absolute atomic E-state index is 12.2. The van der Waals surface area contributed by atoms with Crippen molar-refractivity contribution < 1.29 is 8.42 Å². The molecule has 26 heavy (non-hydrogen) atoms. The largest absolute Gasteiger partial charge is 0.309 e. The molecule has 0 aromatic heterocycles. The van der Waals surface area contributed by atoms with Gasteiger partial charge in [0.1, 0.15) is 0 Å². The van der Waals surface area contributed by atoms with Crippen molar-refractivity contribution in [2.24, 2.45) is 0 Å². The summed E-state index contributed by atoms with van der Waals surface area (Å²) in [6, 6.07) is 12.0. The average molecular weight is 375 g/mol. The zero-order chi connectivity index (χ0) is 19.3. The van der Waals surface area contributed by atoms with Crippen LogP contribution in [0.2, 0.25) is 0 Å². The zero-order valence-corrected chi connectivity index (χ0v) is 17.2. The maximum Gasteiger partial charge on any atom is 0.216 e. The fourth-order valence-corrected chi connectivity index (χ4v) is 4.51. The Hall–Kier alpha value is -1.69. The molecule has 0 saturated carbocycles. The van der Waals surface area contributed by atoms with Crippen molar-refractivity contribution in [2.75, 3.05) is 0 Å². The second-order valence-corrected chi connectivity index (χ2v) is 9.02. The van der Waals surface area contributed by atoms with E-state index < -0.39 is 10.0 Å². The number of rotatable bonds is 8. The van der Waals surface area contributed by atoms with Crippen molar-refractivity contribution in [3.8, 4) is 0 Å². The molecule has 0 fully saturated rings. The van der Waals surface area contributed by atoms with E-state index in [1.807, 2.05) is 38.1 Å². The number of hydrogen-bond acceptors (Lipinski definition) is 3. The topological polar surface area (TPSA) is 58.2 Å². The Morgan fingerprint density at radius 3 is 2.08 bits per heavy atom. The minimum Gasteiger partial charge on any atom is -0.309 e. The Morgan fingerprint density at radius 1 is 0.846 bits per heavy atom. The third-order valence-electron chi connectivity index (χ3n) is 4.46. The van der Waals surface area contributed by atoms with Crippen molar-refractivity contribution in [3.05, 3.63) is 69.8 Å². The smallest absolute Gasteiger partial charge is 0.216 e. The Balaban J connectivity index is 2.06. The first kappa shape index (κ1) is 20.6. The number of nitrogens with one attached hydrogen (secondary N) is 2. The van der Waals surface area contributed by atoms with Crippen LogP contribution in [0, 0.1) is 20.8 Å². The van der Waals surface area contributed by atoms with Gasteiger partial charge in [-0.3, -0.25) is 0 Å². The third-order valence-corrected chi connectivity index (χ3v) is 5.98. The first-order chi connectivity index (χ1) is 12.2. The lowest BCUT2D eigenvalue weighted by atomic mass is 10.0. The Labute approximate surface area is 158 Å². The fourth-order valence-electron chi connectivity index (χ4n) is 3.02. The molecule has 2 aromatic rings. The van der Waals surface area contributed by atoms with E-state index in [2.05, 4.69) is 42.9 Å². The molecular formula is C21H30N2O2S. The summed E-state index contributed by atoms with van der Waals surface area (Å²) in [5.74, 6) is 0.00566. The van der Waals surface area contributed by atoms with Crippen LogP contribution >= 0.6 is 0 Å². The maximum atomic E-state index is 12.2. The third kappa shape index (κ3) is 5.94. The SMILES string of the molecule is Cc1cc(C)c(CNCc2ccccc2CS(=O)(=O)NC(C)C)cc1C. The van der Waals surface area contributed by atoms with Crippen LogP contribution < -0.4 is 10.0 Å². The van der Waals surface area contributed by atoms with E-state index >= 15 is 0 Å². The molecule has 142 valence electrons. The number of aryl methyl sites for hydroxylation is 3. The van der Waals surface area contributed by atoms with Crippen molar-refractivity contribution in [1.29, 1.82) is 0 Å². The monoisotopic (exact) mass is 374 g/mol. The summed E-state index contributed by atoms with van der Waals surface area (Å²) in [6.45, 7) is 11.4. The van der Waals surface area contributed by atoms with Crippen molar-refractivity contribution in [1.82, 2.24) is 10.0 Å². The molecule has 5 heteroatoms. The van der Waals surface area contributed by atoms with Gasteiger partial charge in [0.25, 0.3) is 0 Å². The summed E-state index contributed by atoms with van der Waals surface area (Å²) >= 11 is 0. The number of benzene rings is 2. The van der Waals surface area contributed by atoms with Gasteiger partial charge in [-0.05, 0) is 68.0 Å². The quantitative estimate of drug-likeness (QED) is 0.740. The summed E-state index contributed by atoms with van der Waals surface area (Å²) in [4.78, 5) is 0. The van der Waals surface area contributed by atoms with Gasteiger partial charge in [-0.1, -0.05) is 36.4 Å². The molecule has 0 aliphatic rings. The highest BCUT2D eigenvalue weighted by atomic mass is 32.2. The Morgan fingerprint density at radius 2 is 1.42 bits per heavy atom. The van der Waals surface area contributed by atoms with E-state index in [1.165, 1.54) is 22.3 Å². The first-order valence-electron chi connectivity index (χ1n) is 9.02. The van der Waals surface area contributed by atoms with Crippen LogP contribution in [0.1, 0.15) is 47.2 Å². The summed E-state index contributed by atoms with van der Waals surface area (Å²) in [6.07, 6.45) is 0. The summed E-state index contributed by atoms with van der Waals surface area (Å²) in [5.41, 5.74) is 7.00. The lowest BCUT2D eigenvalue weighted by Gasteiger charge is -2.14. The van der Waals surface area contributed by atoms with Gasteiger partial charge >= 0.3 is 0 Å². The molecule has 0 aliphatic carbocycles. The van der Waals surface area contributed by atoms with Crippen LogP contribution in [-0.2, 0) is 28.9 Å². The van der Waals surface area contributed by atoms with Gasteiger partial charge in [-0.25, -0.2) is 13.1 Å². The molecule has 0 radical (unpaired) electrons. The minimum absolute atomic E-state index is 0.00566. The fraction of sp³-hybridized carbons (Fsp3) is 0.429. The van der Waals surface area contributed by atoms with Crippen LogP contribution in [-0.4, -0.2) is 14.5 Å². The molecule has 2 rings (SSSR count). The highest BCUT2D eigenvalue weighted by Gasteiger charge is 2.15. The van der Waals surface area contributed by atoms with Crippen molar-refractivity contribution in [2.45, 2.75) is 59.5 Å². The molecule has 0 atom stereocenters. The summed E-state index contributed by atoms with van der Waals surface area (Å²) in [7, 11) is -3.33. The van der Waals surface area contributed by atoms with Gasteiger partial charge in [-0.15, -0.1) is 0 Å². The molecular weight excluding hydrogens is 344 g/mol. The zero-order valence-electron chi connectivity index (χ0n) is 16.4. The minimum atomic E-state index is -3.33. The van der Waals surface area contributed by atoms with E-state index in [0.717, 1.165) is 17.7 Å². The van der Waals surface area contributed by atoms with E-state index in [9.17, 15) is 8.42 Å². The highest BCUT2D eigenvalue weighted by molar-refractivity contribution is 7.88. The predicted molar refractivity (Wildman–Crippen MR) is 109 cm³/mol. The second kappa shape index (κ2) is 8.80. The van der Waals surface area contributed by atoms with Gasteiger partial charge in [0.05, 0.1) is 5.75 Å². The highest BCUT2D eigenvalue weighted by Crippen LogP contribution is 2.16. The van der Waals surface area contributed by atoms with Gasteiger partial charge in [0.15, 0.2) is 0 Å². The Kier molecular flexibility index (Phi) is 6.98. The molecule has 2 aromatic carbocycles. The van der Waals surface area contributed by atoms with Gasteiger partial charge in [-0.2, -0.15) is 0 Å². The van der Waals surface area contributed by atoms with E-state index in [4.69, 9.17) is 0 Å². The first-order valence-corrected chi connectivity index (χ1v) is 10.7. The van der Waals surface area contributed by atoms with Gasteiger partial charge < -0.3 is 5.32 Å². The molecule has 0 aliphatic heterocycles. The average Bonchev–Trinajstić information content (AvgIpc) is 2.52. The lowest BCUT2D eigenvalue weighted by molar-refractivity contribution is 0.568. The van der Waals surface area contributed by atoms with Crippen LogP contribution in [0.15, 0.2) is 36.4 Å².